The van der Waals surface area contributed by atoms with Gasteiger partial charge < -0.3 is 4.90 Å². The van der Waals surface area contributed by atoms with Gasteiger partial charge in [-0.05, 0) is 44.0 Å². The van der Waals surface area contributed by atoms with Crippen LogP contribution in [-0.4, -0.2) is 25.5 Å². The summed E-state index contributed by atoms with van der Waals surface area (Å²) in [6.07, 6.45) is 1.14. The quantitative estimate of drug-likeness (QED) is 0.753. The molecule has 1 aromatic rings. The van der Waals surface area contributed by atoms with Gasteiger partial charge in [-0.3, -0.25) is 0 Å². The molecule has 0 saturated carbocycles. The van der Waals surface area contributed by atoms with Crippen molar-refractivity contribution in [3.8, 4) is 0 Å². The first-order valence-corrected chi connectivity index (χ1v) is 6.05. The fourth-order valence-corrected chi connectivity index (χ4v) is 1.95. The first-order valence-electron chi connectivity index (χ1n) is 6.05. The smallest absolute Gasteiger partial charge is 0.00158 e. The van der Waals surface area contributed by atoms with Crippen molar-refractivity contribution in [2.75, 3.05) is 20.6 Å². The monoisotopic (exact) mass is 219 g/mol. The second-order valence-corrected chi connectivity index (χ2v) is 5.96. The first kappa shape index (κ1) is 13.2. The molecule has 0 aliphatic carbocycles. The van der Waals surface area contributed by atoms with Gasteiger partial charge >= 0.3 is 0 Å². The Labute approximate surface area is 100 Å². The molecule has 0 unspecified atom stereocenters. The molecule has 0 aliphatic heterocycles. The summed E-state index contributed by atoms with van der Waals surface area (Å²) >= 11 is 0. The van der Waals surface area contributed by atoms with Gasteiger partial charge in [0.2, 0.25) is 0 Å². The zero-order valence-corrected chi connectivity index (χ0v) is 11.6. The summed E-state index contributed by atoms with van der Waals surface area (Å²) in [4.78, 5) is 2.24. The van der Waals surface area contributed by atoms with Crippen LogP contribution in [0.4, 0.5) is 0 Å². The molecule has 0 spiro atoms. The summed E-state index contributed by atoms with van der Waals surface area (Å²) in [7, 11) is 4.26. The van der Waals surface area contributed by atoms with Crippen molar-refractivity contribution >= 4 is 0 Å². The minimum atomic E-state index is 0.244. The number of likely N-dealkylation sites (N-methyl/N-ethyl adjacent to an activating group) is 1. The molecule has 1 aromatic carbocycles. The zero-order chi connectivity index (χ0) is 12.3. The highest BCUT2D eigenvalue weighted by atomic mass is 15.0. The van der Waals surface area contributed by atoms with Gasteiger partial charge in [0.1, 0.15) is 0 Å². The van der Waals surface area contributed by atoms with Crippen LogP contribution in [-0.2, 0) is 11.8 Å². The molecule has 0 radical (unpaired) electrons. The van der Waals surface area contributed by atoms with Gasteiger partial charge in [-0.1, -0.05) is 44.5 Å². The SMILES string of the molecule is Cc1ccc(CCN(C)C)c(C(C)(C)C)c1. The Kier molecular flexibility index (Phi) is 4.15. The Morgan fingerprint density at radius 2 is 1.75 bits per heavy atom. The summed E-state index contributed by atoms with van der Waals surface area (Å²) in [6.45, 7) is 10.2. The highest BCUT2D eigenvalue weighted by Gasteiger charge is 2.17. The number of aryl methyl sites for hydroxylation is 1. The highest BCUT2D eigenvalue weighted by molar-refractivity contribution is 5.36. The molecule has 0 aromatic heterocycles. The van der Waals surface area contributed by atoms with Crippen LogP contribution in [0.15, 0.2) is 18.2 Å². The van der Waals surface area contributed by atoms with Crippen LogP contribution in [0, 0.1) is 6.92 Å². The molecule has 0 atom stereocenters. The Hall–Kier alpha value is -0.820. The van der Waals surface area contributed by atoms with E-state index in [1.807, 2.05) is 0 Å². The van der Waals surface area contributed by atoms with Crippen LogP contribution >= 0.6 is 0 Å². The standard InChI is InChI=1S/C15H25N/c1-12-7-8-13(9-10-16(5)6)14(11-12)15(2,3)4/h7-8,11H,9-10H2,1-6H3. The molecule has 0 N–H and O–H groups in total. The predicted octanol–water partition coefficient (Wildman–Crippen LogP) is 3.40. The van der Waals surface area contributed by atoms with Crippen LogP contribution in [0.25, 0.3) is 0 Å². The maximum Gasteiger partial charge on any atom is 0.00158 e. The van der Waals surface area contributed by atoms with E-state index in [2.05, 4.69) is 64.9 Å². The predicted molar refractivity (Wildman–Crippen MR) is 72.1 cm³/mol. The molecule has 0 fully saturated rings. The van der Waals surface area contributed by atoms with Crippen molar-refractivity contribution in [1.29, 1.82) is 0 Å². The van der Waals surface area contributed by atoms with E-state index in [1.165, 1.54) is 16.7 Å². The Balaban J connectivity index is 2.99. The van der Waals surface area contributed by atoms with Crippen molar-refractivity contribution < 1.29 is 0 Å². The maximum atomic E-state index is 2.34. The molecule has 90 valence electrons. The minimum absolute atomic E-state index is 0.244. The number of hydrogen-bond acceptors (Lipinski definition) is 1. The summed E-state index contributed by atoms with van der Waals surface area (Å²) in [5.41, 5.74) is 4.59. The summed E-state index contributed by atoms with van der Waals surface area (Å²) in [5.74, 6) is 0. The lowest BCUT2D eigenvalue weighted by molar-refractivity contribution is 0.411. The average Bonchev–Trinajstić information content (AvgIpc) is 2.14. The lowest BCUT2D eigenvalue weighted by atomic mass is 9.82. The van der Waals surface area contributed by atoms with E-state index < -0.39 is 0 Å². The summed E-state index contributed by atoms with van der Waals surface area (Å²) in [6, 6.07) is 6.85. The lowest BCUT2D eigenvalue weighted by Crippen LogP contribution is -2.19. The van der Waals surface area contributed by atoms with E-state index in [0.29, 0.717) is 0 Å². The number of benzene rings is 1. The van der Waals surface area contributed by atoms with Gasteiger partial charge in [0.05, 0.1) is 0 Å². The number of rotatable bonds is 3. The van der Waals surface area contributed by atoms with Gasteiger partial charge in [0, 0.05) is 6.54 Å². The van der Waals surface area contributed by atoms with Crippen LogP contribution in [0.3, 0.4) is 0 Å². The zero-order valence-electron chi connectivity index (χ0n) is 11.6. The second-order valence-electron chi connectivity index (χ2n) is 5.96. The molecular formula is C15H25N. The second kappa shape index (κ2) is 5.01. The average molecular weight is 219 g/mol. The van der Waals surface area contributed by atoms with E-state index in [0.717, 1.165) is 13.0 Å². The van der Waals surface area contributed by atoms with E-state index >= 15 is 0 Å². The molecule has 1 nitrogen and oxygen atoms in total. The van der Waals surface area contributed by atoms with Crippen molar-refractivity contribution in [2.24, 2.45) is 0 Å². The normalized spacial score (nSPS) is 12.2. The van der Waals surface area contributed by atoms with Gasteiger partial charge in [0.15, 0.2) is 0 Å². The lowest BCUT2D eigenvalue weighted by Gasteiger charge is -2.24. The molecule has 0 aliphatic rings. The first-order chi connectivity index (χ1) is 7.30. The molecule has 0 heterocycles. The van der Waals surface area contributed by atoms with Crippen molar-refractivity contribution in [2.45, 2.75) is 39.5 Å². The molecule has 1 heteroatoms. The Bertz CT molecular complexity index is 345. The molecule has 0 amide bonds. The minimum Gasteiger partial charge on any atom is -0.309 e. The van der Waals surface area contributed by atoms with Gasteiger partial charge in [-0.15, -0.1) is 0 Å². The fourth-order valence-electron chi connectivity index (χ4n) is 1.95. The van der Waals surface area contributed by atoms with E-state index in [9.17, 15) is 0 Å². The molecular weight excluding hydrogens is 194 g/mol. The topological polar surface area (TPSA) is 3.24 Å². The molecule has 0 saturated heterocycles. The van der Waals surface area contributed by atoms with Crippen LogP contribution in [0.1, 0.15) is 37.5 Å². The fraction of sp³-hybridized carbons (Fsp3) is 0.600. The molecule has 16 heavy (non-hydrogen) atoms. The van der Waals surface area contributed by atoms with Gasteiger partial charge in [0.25, 0.3) is 0 Å². The summed E-state index contributed by atoms with van der Waals surface area (Å²) in [5, 5.41) is 0. The third-order valence-electron chi connectivity index (χ3n) is 2.90. The van der Waals surface area contributed by atoms with Crippen molar-refractivity contribution in [3.63, 3.8) is 0 Å². The van der Waals surface area contributed by atoms with Crippen molar-refractivity contribution in [1.82, 2.24) is 4.90 Å². The Morgan fingerprint density at radius 3 is 2.25 bits per heavy atom. The maximum absolute atomic E-state index is 2.34. The molecule has 0 bridgehead atoms. The number of nitrogens with zero attached hydrogens (tertiary/aromatic N) is 1. The Morgan fingerprint density at radius 1 is 1.12 bits per heavy atom. The van der Waals surface area contributed by atoms with Crippen LogP contribution in [0.5, 0.6) is 0 Å². The molecule has 1 rings (SSSR count). The third-order valence-corrected chi connectivity index (χ3v) is 2.90. The largest absolute Gasteiger partial charge is 0.309 e. The highest BCUT2D eigenvalue weighted by Crippen LogP contribution is 2.27. The summed E-state index contributed by atoms with van der Waals surface area (Å²) < 4.78 is 0. The van der Waals surface area contributed by atoms with E-state index in [1.54, 1.807) is 0 Å². The van der Waals surface area contributed by atoms with Crippen molar-refractivity contribution in [3.05, 3.63) is 34.9 Å². The third kappa shape index (κ3) is 3.64. The van der Waals surface area contributed by atoms with Gasteiger partial charge in [-0.2, -0.15) is 0 Å². The van der Waals surface area contributed by atoms with Crippen LogP contribution in [0.2, 0.25) is 0 Å². The van der Waals surface area contributed by atoms with Crippen LogP contribution < -0.4 is 0 Å². The van der Waals surface area contributed by atoms with E-state index in [4.69, 9.17) is 0 Å². The van der Waals surface area contributed by atoms with Gasteiger partial charge in [-0.25, -0.2) is 0 Å². The van der Waals surface area contributed by atoms with E-state index in [-0.39, 0.29) is 5.41 Å². The number of hydrogen-bond donors (Lipinski definition) is 0.